The van der Waals surface area contributed by atoms with Gasteiger partial charge in [-0.25, -0.2) is 4.79 Å². The Morgan fingerprint density at radius 3 is 2.21 bits per heavy atom. The third-order valence-electron chi connectivity index (χ3n) is 4.50. The van der Waals surface area contributed by atoms with Crippen LogP contribution in [-0.4, -0.2) is 68.8 Å². The Morgan fingerprint density at radius 2 is 1.59 bits per heavy atom. The Hall–Kier alpha value is -2.69. The predicted octanol–water partition coefficient (Wildman–Crippen LogP) is -0.0721. The molecular formula is C20H22O9. The number of esters is 1. The molecule has 29 heavy (non-hydrogen) atoms. The number of benzene rings is 2. The van der Waals surface area contributed by atoms with E-state index in [9.17, 15) is 30.3 Å². The molecule has 0 aliphatic carbocycles. The van der Waals surface area contributed by atoms with Gasteiger partial charge in [-0.2, -0.15) is 0 Å². The molecular weight excluding hydrogens is 384 g/mol. The molecule has 1 heterocycles. The molecule has 0 bridgehead atoms. The first kappa shape index (κ1) is 21.0. The molecule has 0 spiro atoms. The molecule has 0 amide bonds. The zero-order chi connectivity index (χ0) is 21.0. The highest BCUT2D eigenvalue weighted by Crippen LogP contribution is 2.24. The fourth-order valence-electron chi connectivity index (χ4n) is 2.79. The Balaban J connectivity index is 1.56. The van der Waals surface area contributed by atoms with E-state index in [2.05, 4.69) is 0 Å². The minimum absolute atomic E-state index is 0.0139. The van der Waals surface area contributed by atoms with Crippen molar-refractivity contribution in [2.45, 2.75) is 37.3 Å². The van der Waals surface area contributed by atoms with E-state index in [-0.39, 0.29) is 12.4 Å². The average molecular weight is 406 g/mol. The van der Waals surface area contributed by atoms with Crippen molar-refractivity contribution in [3.63, 3.8) is 0 Å². The van der Waals surface area contributed by atoms with Crippen LogP contribution in [0.2, 0.25) is 0 Å². The number of rotatable bonds is 6. The lowest BCUT2D eigenvalue weighted by Crippen LogP contribution is -2.60. The zero-order valence-corrected chi connectivity index (χ0v) is 15.3. The van der Waals surface area contributed by atoms with Gasteiger partial charge in [-0.05, 0) is 42.0 Å². The summed E-state index contributed by atoms with van der Waals surface area (Å²) in [7, 11) is 0. The molecule has 0 aromatic heterocycles. The van der Waals surface area contributed by atoms with Gasteiger partial charge in [0.05, 0.1) is 12.2 Å². The van der Waals surface area contributed by atoms with Gasteiger partial charge in [0.2, 0.25) is 6.29 Å². The van der Waals surface area contributed by atoms with Gasteiger partial charge in [0.25, 0.3) is 0 Å². The van der Waals surface area contributed by atoms with Crippen molar-refractivity contribution in [2.24, 2.45) is 0 Å². The van der Waals surface area contributed by atoms with Crippen molar-refractivity contribution in [1.82, 2.24) is 0 Å². The van der Waals surface area contributed by atoms with Crippen molar-refractivity contribution in [3.8, 4) is 11.5 Å². The summed E-state index contributed by atoms with van der Waals surface area (Å²) in [5.41, 5.74) is 0.989. The van der Waals surface area contributed by atoms with Crippen molar-refractivity contribution in [2.75, 3.05) is 6.61 Å². The first-order valence-corrected chi connectivity index (χ1v) is 8.91. The van der Waals surface area contributed by atoms with Gasteiger partial charge in [0, 0.05) is 0 Å². The van der Waals surface area contributed by atoms with Crippen molar-refractivity contribution in [1.29, 1.82) is 0 Å². The molecule has 2 aromatic rings. The molecule has 2 aromatic carbocycles. The molecule has 0 radical (unpaired) electrons. The maximum absolute atomic E-state index is 12.0. The van der Waals surface area contributed by atoms with E-state index in [1.165, 1.54) is 24.3 Å². The largest absolute Gasteiger partial charge is 0.508 e. The van der Waals surface area contributed by atoms with E-state index in [1.807, 2.05) is 0 Å². The number of phenols is 1. The molecule has 3 rings (SSSR count). The van der Waals surface area contributed by atoms with Crippen LogP contribution in [0.3, 0.4) is 0 Å². The number of aromatic hydroxyl groups is 1. The Labute approximate surface area is 166 Å². The first-order valence-electron chi connectivity index (χ1n) is 8.91. The normalized spacial score (nSPS) is 26.7. The summed E-state index contributed by atoms with van der Waals surface area (Å²) in [6, 6.07) is 12.1. The molecule has 5 N–H and O–H groups in total. The quantitative estimate of drug-likeness (QED) is 0.416. The van der Waals surface area contributed by atoms with Gasteiger partial charge in [-0.3, -0.25) is 0 Å². The molecule has 1 aliphatic rings. The van der Waals surface area contributed by atoms with Crippen LogP contribution in [0.25, 0.3) is 0 Å². The molecule has 9 nitrogen and oxygen atoms in total. The standard InChI is InChI=1S/C20H22O9/c21-9-15-16(23)17(24)18(25)20(29-15)28-14-7-1-11(2-8-14)10-27-19(26)12-3-5-13(22)6-4-12/h1-8,15-18,20-25H,9-10H2/t15-,16-,17+,18-,20-/m1/s1. The number of ether oxygens (including phenoxy) is 3. The summed E-state index contributed by atoms with van der Waals surface area (Å²) in [5, 5.41) is 48.0. The molecule has 1 fully saturated rings. The number of aliphatic hydroxyl groups is 4. The first-order chi connectivity index (χ1) is 13.9. The predicted molar refractivity (Wildman–Crippen MR) is 98.1 cm³/mol. The highest BCUT2D eigenvalue weighted by Gasteiger charge is 2.44. The van der Waals surface area contributed by atoms with E-state index >= 15 is 0 Å². The van der Waals surface area contributed by atoms with Crippen molar-refractivity contribution >= 4 is 5.97 Å². The van der Waals surface area contributed by atoms with Crippen LogP contribution >= 0.6 is 0 Å². The Morgan fingerprint density at radius 1 is 0.931 bits per heavy atom. The van der Waals surface area contributed by atoms with Crippen LogP contribution in [0.15, 0.2) is 48.5 Å². The third kappa shape index (κ3) is 5.03. The lowest BCUT2D eigenvalue weighted by Gasteiger charge is -2.39. The van der Waals surface area contributed by atoms with Gasteiger partial charge in [-0.15, -0.1) is 0 Å². The van der Waals surface area contributed by atoms with Crippen LogP contribution in [-0.2, 0) is 16.1 Å². The monoisotopic (exact) mass is 406 g/mol. The Kier molecular flexibility index (Phi) is 6.68. The van der Waals surface area contributed by atoms with E-state index in [4.69, 9.17) is 14.2 Å². The van der Waals surface area contributed by atoms with E-state index in [1.54, 1.807) is 24.3 Å². The van der Waals surface area contributed by atoms with Gasteiger partial charge < -0.3 is 39.7 Å². The van der Waals surface area contributed by atoms with Gasteiger partial charge in [0.15, 0.2) is 0 Å². The van der Waals surface area contributed by atoms with Gasteiger partial charge in [-0.1, -0.05) is 12.1 Å². The number of phenolic OH excluding ortho intramolecular Hbond substituents is 1. The average Bonchev–Trinajstić information content (AvgIpc) is 2.74. The summed E-state index contributed by atoms with van der Waals surface area (Å²) in [5.74, 6) is -0.175. The fraction of sp³-hybridized carbons (Fsp3) is 0.350. The molecule has 0 unspecified atom stereocenters. The summed E-state index contributed by atoms with van der Waals surface area (Å²) in [6.07, 6.45) is -6.82. The van der Waals surface area contributed by atoms with E-state index < -0.39 is 43.3 Å². The maximum Gasteiger partial charge on any atom is 0.338 e. The van der Waals surface area contributed by atoms with Crippen LogP contribution in [0.1, 0.15) is 15.9 Å². The lowest BCUT2D eigenvalue weighted by molar-refractivity contribution is -0.277. The van der Waals surface area contributed by atoms with Gasteiger partial charge >= 0.3 is 5.97 Å². The molecule has 1 saturated heterocycles. The third-order valence-corrected chi connectivity index (χ3v) is 4.50. The van der Waals surface area contributed by atoms with E-state index in [0.29, 0.717) is 16.9 Å². The summed E-state index contributed by atoms with van der Waals surface area (Å²) in [4.78, 5) is 12.0. The molecule has 156 valence electrons. The minimum Gasteiger partial charge on any atom is -0.508 e. The number of hydrogen-bond donors (Lipinski definition) is 5. The smallest absolute Gasteiger partial charge is 0.338 e. The SMILES string of the molecule is O=C(OCc1ccc(O[C@@H]2O[C@H](CO)[C@@H](O)[C@H](O)[C@H]2O)cc1)c1ccc(O)cc1. The zero-order valence-electron chi connectivity index (χ0n) is 15.3. The van der Waals surface area contributed by atoms with Crippen LogP contribution in [0, 0.1) is 0 Å². The summed E-state index contributed by atoms with van der Waals surface area (Å²) in [6.45, 7) is -0.532. The van der Waals surface area contributed by atoms with Crippen molar-refractivity contribution < 1.29 is 44.5 Å². The molecule has 1 aliphatic heterocycles. The van der Waals surface area contributed by atoms with E-state index in [0.717, 1.165) is 0 Å². The highest BCUT2D eigenvalue weighted by atomic mass is 16.7. The molecule has 0 saturated carbocycles. The second-order valence-corrected chi connectivity index (χ2v) is 6.58. The Bertz CT molecular complexity index is 804. The summed E-state index contributed by atoms with van der Waals surface area (Å²) < 4.78 is 16.0. The highest BCUT2D eigenvalue weighted by molar-refractivity contribution is 5.89. The topological polar surface area (TPSA) is 146 Å². The van der Waals surface area contributed by atoms with Crippen LogP contribution in [0.5, 0.6) is 11.5 Å². The van der Waals surface area contributed by atoms with Crippen LogP contribution < -0.4 is 4.74 Å². The number of carbonyl (C=O) groups is 1. The number of carbonyl (C=O) groups excluding carboxylic acids is 1. The molecule has 5 atom stereocenters. The lowest BCUT2D eigenvalue weighted by atomic mass is 9.99. The number of hydrogen-bond acceptors (Lipinski definition) is 9. The van der Waals surface area contributed by atoms with Crippen LogP contribution in [0.4, 0.5) is 0 Å². The fourth-order valence-corrected chi connectivity index (χ4v) is 2.79. The van der Waals surface area contributed by atoms with Crippen molar-refractivity contribution in [3.05, 3.63) is 59.7 Å². The minimum atomic E-state index is -1.52. The summed E-state index contributed by atoms with van der Waals surface area (Å²) >= 11 is 0. The maximum atomic E-state index is 12.0. The number of aliphatic hydroxyl groups excluding tert-OH is 4. The van der Waals surface area contributed by atoms with Gasteiger partial charge in [0.1, 0.15) is 42.5 Å². The second kappa shape index (κ2) is 9.21. The second-order valence-electron chi connectivity index (χ2n) is 6.58. The molecule has 9 heteroatoms.